The van der Waals surface area contributed by atoms with E-state index in [9.17, 15) is 9.59 Å². The van der Waals surface area contributed by atoms with Crippen LogP contribution in [0.1, 0.15) is 52.6 Å². The Balaban J connectivity index is 1.06. The lowest BCUT2D eigenvalue weighted by Crippen LogP contribution is -2.45. The van der Waals surface area contributed by atoms with Crippen LogP contribution in [-0.2, 0) is 15.7 Å². The smallest absolute Gasteiger partial charge is 0.315 e. The molecule has 0 radical (unpaired) electrons. The summed E-state index contributed by atoms with van der Waals surface area (Å²) in [5.74, 6) is -0.201. The maximum absolute atomic E-state index is 14.1. The van der Waals surface area contributed by atoms with Crippen molar-refractivity contribution in [1.82, 2.24) is 15.1 Å². The first-order valence-electron chi connectivity index (χ1n) is 15.2. The van der Waals surface area contributed by atoms with Crippen LogP contribution in [-0.4, -0.2) is 47.9 Å². The monoisotopic (exact) mass is 633 g/mol. The topological polar surface area (TPSA) is 52.7 Å². The van der Waals surface area contributed by atoms with Crippen LogP contribution in [0.4, 0.5) is 4.79 Å². The van der Waals surface area contributed by atoms with Crippen molar-refractivity contribution in [3.05, 3.63) is 129 Å². The minimum Gasteiger partial charge on any atom is -0.315 e. The molecule has 4 aromatic rings. The molecule has 43 heavy (non-hydrogen) atoms. The van der Waals surface area contributed by atoms with Gasteiger partial charge in [0.05, 0.1) is 0 Å². The zero-order valence-corrected chi connectivity index (χ0v) is 26.3. The van der Waals surface area contributed by atoms with E-state index < -0.39 is 5.54 Å². The molecule has 7 rings (SSSR count). The summed E-state index contributed by atoms with van der Waals surface area (Å²) in [5, 5.41) is 3.10. The van der Waals surface area contributed by atoms with Gasteiger partial charge < -0.3 is 10.2 Å². The summed E-state index contributed by atoms with van der Waals surface area (Å²) >= 11 is 3.72. The lowest BCUT2D eigenvalue weighted by atomic mass is 9.71. The van der Waals surface area contributed by atoms with Crippen molar-refractivity contribution in [2.75, 3.05) is 26.2 Å². The molecule has 2 saturated heterocycles. The Morgan fingerprint density at radius 3 is 2.00 bits per heavy atom. The molecule has 2 aliphatic heterocycles. The number of fused-ring (bicyclic) bond motifs is 5. The lowest BCUT2D eigenvalue weighted by Gasteiger charge is -2.41. The van der Waals surface area contributed by atoms with Gasteiger partial charge in [-0.25, -0.2) is 4.79 Å². The average Bonchev–Trinajstić information content (AvgIpc) is 3.43. The molecule has 0 saturated carbocycles. The molecule has 0 bridgehead atoms. The number of halogens is 1. The SMILES string of the molecule is Cc1ccc(C2(c3ccc(C)cc3)NC(=O)N(CCCN3CCC4(CC3)c3ccccc3-c3ccc(Br)cc34)C2=O)cc1. The summed E-state index contributed by atoms with van der Waals surface area (Å²) in [5.41, 5.74) is 8.22. The number of hydrogen-bond donors (Lipinski definition) is 1. The number of urea groups is 1. The summed E-state index contributed by atoms with van der Waals surface area (Å²) in [6.07, 6.45) is 2.85. The van der Waals surface area contributed by atoms with Gasteiger partial charge in [-0.05, 0) is 98.3 Å². The van der Waals surface area contributed by atoms with Crippen LogP contribution >= 0.6 is 15.9 Å². The van der Waals surface area contributed by atoms with Crippen LogP contribution < -0.4 is 5.32 Å². The number of nitrogens with zero attached hydrogens (tertiary/aromatic N) is 2. The third-order valence-electron chi connectivity index (χ3n) is 9.87. The van der Waals surface area contributed by atoms with Crippen LogP contribution in [0.15, 0.2) is 95.5 Å². The standard InChI is InChI=1S/C37H36BrN3O2/c1-25-8-12-27(13-9-25)37(28-14-10-26(2)11-15-28)34(42)41(35(43)39-37)21-5-20-40-22-18-36(19-23-40)32-7-4-3-6-30(32)31-17-16-29(38)24-33(31)36/h3-4,6-17,24H,5,18-23H2,1-2H3,(H,39,43). The zero-order valence-electron chi connectivity index (χ0n) is 24.7. The first kappa shape index (κ1) is 28.1. The van der Waals surface area contributed by atoms with E-state index in [0.717, 1.165) is 65.6 Å². The molecule has 1 aliphatic carbocycles. The van der Waals surface area contributed by atoms with E-state index >= 15 is 0 Å². The summed E-state index contributed by atoms with van der Waals surface area (Å²) in [4.78, 5) is 31.4. The first-order chi connectivity index (χ1) is 20.8. The van der Waals surface area contributed by atoms with E-state index in [1.165, 1.54) is 27.2 Å². The summed E-state index contributed by atoms with van der Waals surface area (Å²) < 4.78 is 1.13. The number of rotatable bonds is 6. The van der Waals surface area contributed by atoms with E-state index in [0.29, 0.717) is 6.54 Å². The van der Waals surface area contributed by atoms with Gasteiger partial charge in [0.1, 0.15) is 0 Å². The lowest BCUT2D eigenvalue weighted by molar-refractivity contribution is -0.130. The van der Waals surface area contributed by atoms with Crippen LogP contribution in [0.5, 0.6) is 0 Å². The number of benzene rings is 4. The molecule has 1 spiro atoms. The Morgan fingerprint density at radius 2 is 1.35 bits per heavy atom. The Morgan fingerprint density at radius 1 is 0.744 bits per heavy atom. The van der Waals surface area contributed by atoms with Crippen molar-refractivity contribution in [2.24, 2.45) is 0 Å². The highest BCUT2D eigenvalue weighted by atomic mass is 79.9. The van der Waals surface area contributed by atoms with Gasteiger partial charge in [0.25, 0.3) is 5.91 Å². The number of imide groups is 1. The van der Waals surface area contributed by atoms with Gasteiger partial charge in [-0.1, -0.05) is 106 Å². The second-order valence-corrected chi connectivity index (χ2v) is 13.3. The highest BCUT2D eigenvalue weighted by molar-refractivity contribution is 9.10. The molecular weight excluding hydrogens is 598 g/mol. The molecule has 0 aromatic heterocycles. The third kappa shape index (κ3) is 4.54. The van der Waals surface area contributed by atoms with Gasteiger partial charge in [0.15, 0.2) is 5.54 Å². The number of likely N-dealkylation sites (tertiary alicyclic amines) is 1. The number of amides is 3. The second-order valence-electron chi connectivity index (χ2n) is 12.4. The number of carbonyl (C=O) groups excluding carboxylic acids is 2. The number of carbonyl (C=O) groups is 2. The Labute approximate surface area is 262 Å². The molecule has 3 aliphatic rings. The highest BCUT2D eigenvalue weighted by Crippen LogP contribution is 2.54. The molecule has 6 heteroatoms. The molecule has 4 aromatic carbocycles. The fraction of sp³-hybridized carbons (Fsp3) is 0.297. The molecular formula is C37H36BrN3O2. The van der Waals surface area contributed by atoms with Gasteiger partial charge in [0.2, 0.25) is 0 Å². The molecule has 2 fully saturated rings. The van der Waals surface area contributed by atoms with Gasteiger partial charge in [0, 0.05) is 16.4 Å². The second kappa shape index (κ2) is 10.8. The van der Waals surface area contributed by atoms with Gasteiger partial charge in [-0.15, -0.1) is 0 Å². The van der Waals surface area contributed by atoms with Crippen LogP contribution in [0, 0.1) is 13.8 Å². The molecule has 0 atom stereocenters. The predicted octanol–water partition coefficient (Wildman–Crippen LogP) is 7.31. The van der Waals surface area contributed by atoms with E-state index in [-0.39, 0.29) is 17.4 Å². The normalized spacial score (nSPS) is 18.5. The fourth-order valence-electron chi connectivity index (χ4n) is 7.52. The van der Waals surface area contributed by atoms with E-state index in [1.807, 2.05) is 62.4 Å². The van der Waals surface area contributed by atoms with Crippen LogP contribution in [0.3, 0.4) is 0 Å². The summed E-state index contributed by atoms with van der Waals surface area (Å²) in [7, 11) is 0. The molecule has 5 nitrogen and oxygen atoms in total. The third-order valence-corrected chi connectivity index (χ3v) is 10.4. The minimum absolute atomic E-state index is 0.0404. The summed E-state index contributed by atoms with van der Waals surface area (Å²) in [6, 6.07) is 31.1. The zero-order chi connectivity index (χ0) is 29.8. The quantitative estimate of drug-likeness (QED) is 0.226. The van der Waals surface area contributed by atoms with Crippen molar-refractivity contribution < 1.29 is 9.59 Å². The Hall–Kier alpha value is -3.74. The Kier molecular flexibility index (Phi) is 7.02. The first-order valence-corrected chi connectivity index (χ1v) is 16.0. The molecule has 3 amide bonds. The van der Waals surface area contributed by atoms with Crippen LogP contribution in [0.2, 0.25) is 0 Å². The van der Waals surface area contributed by atoms with Crippen molar-refractivity contribution >= 4 is 27.9 Å². The maximum Gasteiger partial charge on any atom is 0.325 e. The molecule has 2 heterocycles. The predicted molar refractivity (Wildman–Crippen MR) is 174 cm³/mol. The van der Waals surface area contributed by atoms with Crippen molar-refractivity contribution in [3.63, 3.8) is 0 Å². The van der Waals surface area contributed by atoms with Crippen molar-refractivity contribution in [2.45, 2.75) is 44.1 Å². The van der Waals surface area contributed by atoms with Crippen molar-refractivity contribution in [3.8, 4) is 11.1 Å². The minimum atomic E-state index is -1.21. The van der Waals surface area contributed by atoms with Gasteiger partial charge in [-0.3, -0.25) is 9.69 Å². The number of piperidine rings is 1. The Bertz CT molecular complexity index is 1660. The molecule has 0 unspecified atom stereocenters. The number of aryl methyl sites for hydroxylation is 2. The molecule has 218 valence electrons. The maximum atomic E-state index is 14.1. The fourth-order valence-corrected chi connectivity index (χ4v) is 7.88. The highest BCUT2D eigenvalue weighted by Gasteiger charge is 2.53. The van der Waals surface area contributed by atoms with Gasteiger partial charge in [-0.2, -0.15) is 0 Å². The van der Waals surface area contributed by atoms with E-state index in [2.05, 4.69) is 68.6 Å². The summed E-state index contributed by atoms with van der Waals surface area (Å²) in [6.45, 7) is 7.26. The largest absolute Gasteiger partial charge is 0.325 e. The van der Waals surface area contributed by atoms with Crippen molar-refractivity contribution in [1.29, 1.82) is 0 Å². The van der Waals surface area contributed by atoms with Crippen LogP contribution in [0.25, 0.3) is 11.1 Å². The average molecular weight is 635 g/mol. The van der Waals surface area contributed by atoms with E-state index in [4.69, 9.17) is 0 Å². The van der Waals surface area contributed by atoms with Gasteiger partial charge >= 0.3 is 6.03 Å². The number of nitrogens with one attached hydrogen (secondary N) is 1. The molecule has 1 N–H and O–H groups in total. The van der Waals surface area contributed by atoms with E-state index in [1.54, 1.807) is 0 Å². The number of hydrogen-bond acceptors (Lipinski definition) is 3.